The number of carbonyl (C=O) groups is 1. The molecular formula is C11H17NO. The van der Waals surface area contributed by atoms with Crippen molar-refractivity contribution in [2.24, 2.45) is 5.92 Å². The molecule has 0 spiro atoms. The van der Waals surface area contributed by atoms with Gasteiger partial charge < -0.3 is 4.90 Å². The standard InChI is InChI=1S/C11H17NO/c1-3-8-12(4-2)11(13)9-10-6-5-7-10/h1,10H,4-9H2,2H3. The summed E-state index contributed by atoms with van der Waals surface area (Å²) in [6, 6.07) is 0. The molecule has 0 radical (unpaired) electrons. The fourth-order valence-electron chi connectivity index (χ4n) is 1.56. The third-order valence-electron chi connectivity index (χ3n) is 2.70. The molecule has 0 saturated heterocycles. The molecule has 2 heteroatoms. The Kier molecular flexibility index (Phi) is 3.82. The van der Waals surface area contributed by atoms with Gasteiger partial charge in [-0.2, -0.15) is 0 Å². The van der Waals surface area contributed by atoms with Crippen molar-refractivity contribution in [1.29, 1.82) is 0 Å². The highest BCUT2D eigenvalue weighted by Crippen LogP contribution is 2.29. The van der Waals surface area contributed by atoms with Crippen LogP contribution in [0.15, 0.2) is 0 Å². The second-order valence-corrected chi connectivity index (χ2v) is 3.61. The van der Waals surface area contributed by atoms with Crippen LogP contribution in [0.1, 0.15) is 32.6 Å². The Bertz CT molecular complexity index is 213. The molecule has 0 aromatic heterocycles. The van der Waals surface area contributed by atoms with E-state index in [2.05, 4.69) is 5.92 Å². The first-order valence-corrected chi connectivity index (χ1v) is 4.99. The fraction of sp³-hybridized carbons (Fsp3) is 0.727. The molecule has 13 heavy (non-hydrogen) atoms. The number of nitrogens with zero attached hydrogens (tertiary/aromatic N) is 1. The number of rotatable bonds is 4. The molecule has 0 unspecified atom stereocenters. The van der Waals surface area contributed by atoms with Gasteiger partial charge in [-0.1, -0.05) is 12.3 Å². The first-order chi connectivity index (χ1) is 6.27. The van der Waals surface area contributed by atoms with Crippen molar-refractivity contribution in [1.82, 2.24) is 4.90 Å². The van der Waals surface area contributed by atoms with Crippen molar-refractivity contribution in [2.45, 2.75) is 32.6 Å². The van der Waals surface area contributed by atoms with Crippen LogP contribution in [0.3, 0.4) is 0 Å². The van der Waals surface area contributed by atoms with Crippen molar-refractivity contribution in [3.05, 3.63) is 0 Å². The van der Waals surface area contributed by atoms with Crippen molar-refractivity contribution >= 4 is 5.91 Å². The van der Waals surface area contributed by atoms with E-state index in [0.717, 1.165) is 6.54 Å². The molecule has 1 aliphatic rings. The average molecular weight is 179 g/mol. The maximum absolute atomic E-state index is 11.6. The quantitative estimate of drug-likeness (QED) is 0.601. The van der Waals surface area contributed by atoms with Crippen LogP contribution in [0, 0.1) is 18.3 Å². The second-order valence-electron chi connectivity index (χ2n) is 3.61. The summed E-state index contributed by atoms with van der Waals surface area (Å²) in [4.78, 5) is 13.3. The molecule has 1 rings (SSSR count). The van der Waals surface area contributed by atoms with Crippen molar-refractivity contribution in [3.63, 3.8) is 0 Å². The lowest BCUT2D eigenvalue weighted by atomic mass is 9.83. The summed E-state index contributed by atoms with van der Waals surface area (Å²) in [6.45, 7) is 3.16. The lowest BCUT2D eigenvalue weighted by Gasteiger charge is -2.27. The van der Waals surface area contributed by atoms with E-state index in [0.29, 0.717) is 18.9 Å². The minimum absolute atomic E-state index is 0.227. The van der Waals surface area contributed by atoms with E-state index >= 15 is 0 Å². The van der Waals surface area contributed by atoms with E-state index in [-0.39, 0.29) is 5.91 Å². The van der Waals surface area contributed by atoms with Gasteiger partial charge in [0.25, 0.3) is 0 Å². The Hall–Kier alpha value is -0.970. The van der Waals surface area contributed by atoms with Gasteiger partial charge in [0, 0.05) is 13.0 Å². The third kappa shape index (κ3) is 2.77. The lowest BCUT2D eigenvalue weighted by molar-refractivity contribution is -0.132. The maximum atomic E-state index is 11.6. The molecule has 1 fully saturated rings. The zero-order valence-corrected chi connectivity index (χ0v) is 8.25. The van der Waals surface area contributed by atoms with Crippen LogP contribution < -0.4 is 0 Å². The first-order valence-electron chi connectivity index (χ1n) is 4.99. The van der Waals surface area contributed by atoms with Gasteiger partial charge in [0.2, 0.25) is 5.91 Å². The fourth-order valence-corrected chi connectivity index (χ4v) is 1.56. The van der Waals surface area contributed by atoms with E-state index in [1.165, 1.54) is 19.3 Å². The zero-order chi connectivity index (χ0) is 9.68. The van der Waals surface area contributed by atoms with Gasteiger partial charge in [-0.15, -0.1) is 6.42 Å². The number of terminal acetylenes is 1. The summed E-state index contributed by atoms with van der Waals surface area (Å²) < 4.78 is 0. The van der Waals surface area contributed by atoms with Gasteiger partial charge in [0.05, 0.1) is 6.54 Å². The van der Waals surface area contributed by atoms with Crippen LogP contribution in [0.25, 0.3) is 0 Å². The highest BCUT2D eigenvalue weighted by molar-refractivity contribution is 5.76. The highest BCUT2D eigenvalue weighted by Gasteiger charge is 2.22. The molecule has 0 heterocycles. The van der Waals surface area contributed by atoms with Crippen LogP contribution in [-0.4, -0.2) is 23.9 Å². The smallest absolute Gasteiger partial charge is 0.223 e. The number of amides is 1. The number of carbonyl (C=O) groups excluding carboxylic acids is 1. The molecule has 0 N–H and O–H groups in total. The van der Waals surface area contributed by atoms with E-state index in [4.69, 9.17) is 6.42 Å². The van der Waals surface area contributed by atoms with Gasteiger partial charge in [-0.05, 0) is 25.7 Å². The lowest BCUT2D eigenvalue weighted by Crippen LogP contribution is -2.33. The van der Waals surface area contributed by atoms with Crippen molar-refractivity contribution in [2.75, 3.05) is 13.1 Å². The molecule has 0 aliphatic heterocycles. The molecule has 1 amide bonds. The van der Waals surface area contributed by atoms with E-state index < -0.39 is 0 Å². The van der Waals surface area contributed by atoms with E-state index in [1.807, 2.05) is 6.92 Å². The summed E-state index contributed by atoms with van der Waals surface area (Å²) in [5, 5.41) is 0. The van der Waals surface area contributed by atoms with E-state index in [1.54, 1.807) is 4.90 Å². The molecular weight excluding hydrogens is 162 g/mol. The Morgan fingerprint density at radius 1 is 1.62 bits per heavy atom. The van der Waals surface area contributed by atoms with Gasteiger partial charge in [-0.3, -0.25) is 4.79 Å². The largest absolute Gasteiger partial charge is 0.332 e. The monoisotopic (exact) mass is 179 g/mol. The summed E-state index contributed by atoms with van der Waals surface area (Å²) in [7, 11) is 0. The van der Waals surface area contributed by atoms with Crippen LogP contribution in [0.5, 0.6) is 0 Å². The minimum Gasteiger partial charge on any atom is -0.332 e. The molecule has 72 valence electrons. The van der Waals surface area contributed by atoms with Crippen molar-refractivity contribution < 1.29 is 4.79 Å². The summed E-state index contributed by atoms with van der Waals surface area (Å²) in [6.07, 6.45) is 9.61. The predicted molar refractivity (Wildman–Crippen MR) is 53.0 cm³/mol. The SMILES string of the molecule is C#CCN(CC)C(=O)CC1CCC1. The molecule has 0 atom stereocenters. The normalized spacial score (nSPS) is 16.0. The van der Waals surface area contributed by atoms with Crippen molar-refractivity contribution in [3.8, 4) is 12.3 Å². The Balaban J connectivity index is 2.30. The molecule has 2 nitrogen and oxygen atoms in total. The van der Waals surface area contributed by atoms with Crippen LogP contribution in [-0.2, 0) is 4.79 Å². The van der Waals surface area contributed by atoms with Gasteiger partial charge >= 0.3 is 0 Å². The zero-order valence-electron chi connectivity index (χ0n) is 8.25. The summed E-state index contributed by atoms with van der Waals surface area (Å²) in [5.41, 5.74) is 0. The Morgan fingerprint density at radius 2 is 2.31 bits per heavy atom. The third-order valence-corrected chi connectivity index (χ3v) is 2.70. The first kappa shape index (κ1) is 10.1. The molecule has 0 bridgehead atoms. The van der Waals surface area contributed by atoms with Crippen LogP contribution >= 0.6 is 0 Å². The Labute approximate surface area is 80.3 Å². The molecule has 1 aliphatic carbocycles. The van der Waals surface area contributed by atoms with Gasteiger partial charge in [-0.25, -0.2) is 0 Å². The number of hydrogen-bond donors (Lipinski definition) is 0. The minimum atomic E-state index is 0.227. The highest BCUT2D eigenvalue weighted by atomic mass is 16.2. The van der Waals surface area contributed by atoms with Gasteiger partial charge in [0.1, 0.15) is 0 Å². The summed E-state index contributed by atoms with van der Waals surface area (Å²) >= 11 is 0. The van der Waals surface area contributed by atoms with Crippen LogP contribution in [0.4, 0.5) is 0 Å². The van der Waals surface area contributed by atoms with Gasteiger partial charge in [0.15, 0.2) is 0 Å². The predicted octanol–water partition coefficient (Wildman–Crippen LogP) is 1.66. The Morgan fingerprint density at radius 3 is 2.69 bits per heavy atom. The molecule has 0 aromatic rings. The second kappa shape index (κ2) is 4.91. The number of hydrogen-bond acceptors (Lipinski definition) is 1. The topological polar surface area (TPSA) is 20.3 Å². The molecule has 1 saturated carbocycles. The average Bonchev–Trinajstić information content (AvgIpc) is 2.07. The van der Waals surface area contributed by atoms with Crippen LogP contribution in [0.2, 0.25) is 0 Å². The maximum Gasteiger partial charge on any atom is 0.223 e. The molecule has 0 aromatic carbocycles. The van der Waals surface area contributed by atoms with E-state index in [9.17, 15) is 4.79 Å². The summed E-state index contributed by atoms with van der Waals surface area (Å²) in [5.74, 6) is 3.38.